The van der Waals surface area contributed by atoms with E-state index in [1.807, 2.05) is 0 Å². The second kappa shape index (κ2) is 38.8. The van der Waals surface area contributed by atoms with Crippen LogP contribution in [0.5, 0.6) is 0 Å². The predicted molar refractivity (Wildman–Crippen MR) is 210 cm³/mol. The molecule has 0 aliphatic carbocycles. The van der Waals surface area contributed by atoms with E-state index in [2.05, 4.69) is 81.5 Å². The van der Waals surface area contributed by atoms with Crippen LogP contribution in [-0.2, 0) is 9.53 Å². The second-order valence-electron chi connectivity index (χ2n) is 14.1. The van der Waals surface area contributed by atoms with Gasteiger partial charge in [0.25, 0.3) is 0 Å². The van der Waals surface area contributed by atoms with Crippen molar-refractivity contribution in [2.75, 3.05) is 20.6 Å². The molecule has 0 amide bonds. The van der Waals surface area contributed by atoms with Crippen LogP contribution in [0.15, 0.2) is 48.6 Å². The molecule has 1 atom stereocenters. The Morgan fingerprint density at radius 2 is 0.872 bits per heavy atom. The summed E-state index contributed by atoms with van der Waals surface area (Å²) in [6.07, 6.45) is 53.7. The first kappa shape index (κ1) is 45.4. The molecule has 0 radical (unpaired) electrons. The first-order valence-electron chi connectivity index (χ1n) is 20.5. The summed E-state index contributed by atoms with van der Waals surface area (Å²) in [6, 6.07) is 0. The van der Waals surface area contributed by atoms with Crippen molar-refractivity contribution in [3.05, 3.63) is 48.6 Å². The summed E-state index contributed by atoms with van der Waals surface area (Å²) in [7, 11) is 4.22. The minimum absolute atomic E-state index is 0.0301. The first-order chi connectivity index (χ1) is 23.1. The molecule has 3 heteroatoms. The van der Waals surface area contributed by atoms with E-state index in [9.17, 15) is 4.79 Å². The molecule has 0 N–H and O–H groups in total. The third kappa shape index (κ3) is 38.7. The van der Waals surface area contributed by atoms with E-state index in [0.29, 0.717) is 6.42 Å². The Morgan fingerprint density at radius 3 is 1.30 bits per heavy atom. The molecule has 0 aliphatic heterocycles. The van der Waals surface area contributed by atoms with Crippen LogP contribution in [0, 0.1) is 0 Å². The molecule has 0 aromatic rings. The van der Waals surface area contributed by atoms with Crippen molar-refractivity contribution in [3.63, 3.8) is 0 Å². The van der Waals surface area contributed by atoms with Crippen molar-refractivity contribution in [1.82, 2.24) is 4.90 Å². The number of allylic oxidation sites excluding steroid dienone is 8. The van der Waals surface area contributed by atoms with E-state index < -0.39 is 0 Å². The molecule has 0 bridgehead atoms. The molecule has 0 aromatic carbocycles. The molecule has 0 saturated heterocycles. The smallest absolute Gasteiger partial charge is 0.306 e. The standard InChI is InChI=1S/C44H81NO2/c1-5-7-9-11-13-15-17-19-21-23-25-27-29-31-33-36-40-43(47-44(46)41-37-34-38-42-45(3)4)39-35-32-30-28-26-24-22-20-18-16-14-12-10-8-6-2/h13-16,19-22,43H,5-12,17-18,23-42H2,1-4H3. The minimum Gasteiger partial charge on any atom is -0.462 e. The Balaban J connectivity index is 4.11. The lowest BCUT2D eigenvalue weighted by Gasteiger charge is -2.18. The van der Waals surface area contributed by atoms with Crippen molar-refractivity contribution in [3.8, 4) is 0 Å². The molecule has 0 rings (SSSR count). The van der Waals surface area contributed by atoms with Gasteiger partial charge in [0, 0.05) is 6.42 Å². The van der Waals surface area contributed by atoms with E-state index in [1.54, 1.807) is 0 Å². The normalized spacial score (nSPS) is 13.0. The van der Waals surface area contributed by atoms with E-state index in [-0.39, 0.29) is 12.1 Å². The zero-order chi connectivity index (χ0) is 34.3. The highest BCUT2D eigenvalue weighted by atomic mass is 16.5. The topological polar surface area (TPSA) is 29.5 Å². The molecule has 47 heavy (non-hydrogen) atoms. The maximum Gasteiger partial charge on any atom is 0.306 e. The maximum atomic E-state index is 12.6. The van der Waals surface area contributed by atoms with Crippen molar-refractivity contribution in [2.24, 2.45) is 0 Å². The zero-order valence-corrected chi connectivity index (χ0v) is 32.2. The summed E-state index contributed by atoms with van der Waals surface area (Å²) in [5.74, 6) is 0.0301. The quantitative estimate of drug-likeness (QED) is 0.0382. The molecule has 0 saturated carbocycles. The fourth-order valence-corrected chi connectivity index (χ4v) is 5.92. The number of nitrogens with zero attached hydrogens (tertiary/aromatic N) is 1. The molecule has 1 unspecified atom stereocenters. The first-order valence-corrected chi connectivity index (χ1v) is 20.5. The lowest BCUT2D eigenvalue weighted by atomic mass is 10.0. The second-order valence-corrected chi connectivity index (χ2v) is 14.1. The van der Waals surface area contributed by atoms with E-state index in [1.165, 1.54) is 135 Å². The Kier molecular flexibility index (Phi) is 37.5. The van der Waals surface area contributed by atoms with Gasteiger partial charge in [-0.25, -0.2) is 0 Å². The number of ether oxygens (including phenoxy) is 1. The van der Waals surface area contributed by atoms with Crippen LogP contribution >= 0.6 is 0 Å². The van der Waals surface area contributed by atoms with Crippen LogP contribution in [0.1, 0.15) is 200 Å². The third-order valence-electron chi connectivity index (χ3n) is 8.99. The highest BCUT2D eigenvalue weighted by molar-refractivity contribution is 5.69. The van der Waals surface area contributed by atoms with Crippen LogP contribution in [-0.4, -0.2) is 37.6 Å². The molecule has 0 aliphatic rings. The number of rotatable bonds is 36. The van der Waals surface area contributed by atoms with Gasteiger partial charge in [0.1, 0.15) is 6.10 Å². The summed E-state index contributed by atoms with van der Waals surface area (Å²) in [5.41, 5.74) is 0. The van der Waals surface area contributed by atoms with Crippen LogP contribution in [0.2, 0.25) is 0 Å². The lowest BCUT2D eigenvalue weighted by molar-refractivity contribution is -0.150. The number of carbonyl (C=O) groups is 1. The SMILES string of the molecule is CCCCCC=CCC=CCCCCCCCCC(CCCCCCCC=CCC=CCCCCC)OC(=O)CCCCCN(C)C. The minimum atomic E-state index is 0.0301. The van der Waals surface area contributed by atoms with Crippen LogP contribution in [0.25, 0.3) is 0 Å². The van der Waals surface area contributed by atoms with Crippen LogP contribution in [0.3, 0.4) is 0 Å². The van der Waals surface area contributed by atoms with Gasteiger partial charge >= 0.3 is 5.97 Å². The van der Waals surface area contributed by atoms with Gasteiger partial charge in [0.2, 0.25) is 0 Å². The van der Waals surface area contributed by atoms with Crippen LogP contribution < -0.4 is 0 Å². The number of carbonyl (C=O) groups excluding carboxylic acids is 1. The average Bonchev–Trinajstić information content (AvgIpc) is 3.05. The fraction of sp³-hybridized carbons (Fsp3) is 0.795. The highest BCUT2D eigenvalue weighted by Gasteiger charge is 2.14. The van der Waals surface area contributed by atoms with Gasteiger partial charge in [0.15, 0.2) is 0 Å². The van der Waals surface area contributed by atoms with E-state index >= 15 is 0 Å². The molecule has 3 nitrogen and oxygen atoms in total. The van der Waals surface area contributed by atoms with Gasteiger partial charge in [-0.3, -0.25) is 4.79 Å². The number of hydrogen-bond donors (Lipinski definition) is 0. The highest BCUT2D eigenvalue weighted by Crippen LogP contribution is 2.18. The molecule has 0 fully saturated rings. The largest absolute Gasteiger partial charge is 0.462 e. The molecular weight excluding hydrogens is 574 g/mol. The van der Waals surface area contributed by atoms with Crippen molar-refractivity contribution in [2.45, 2.75) is 206 Å². The summed E-state index contributed by atoms with van der Waals surface area (Å²) < 4.78 is 6.05. The van der Waals surface area contributed by atoms with Crippen molar-refractivity contribution in [1.29, 1.82) is 0 Å². The number of unbranched alkanes of at least 4 members (excludes halogenated alkanes) is 19. The third-order valence-corrected chi connectivity index (χ3v) is 8.99. The van der Waals surface area contributed by atoms with Gasteiger partial charge in [-0.1, -0.05) is 140 Å². The van der Waals surface area contributed by atoms with Gasteiger partial charge in [0.05, 0.1) is 0 Å². The summed E-state index contributed by atoms with van der Waals surface area (Å²) in [4.78, 5) is 14.8. The lowest BCUT2D eigenvalue weighted by Crippen LogP contribution is -2.18. The monoisotopic (exact) mass is 656 g/mol. The molecule has 274 valence electrons. The summed E-state index contributed by atoms with van der Waals surface area (Å²) in [6.45, 7) is 5.62. The van der Waals surface area contributed by atoms with E-state index in [4.69, 9.17) is 4.74 Å². The molecule has 0 heterocycles. The summed E-state index contributed by atoms with van der Waals surface area (Å²) >= 11 is 0. The van der Waals surface area contributed by atoms with Gasteiger partial charge < -0.3 is 9.64 Å². The fourth-order valence-electron chi connectivity index (χ4n) is 5.92. The Hall–Kier alpha value is -1.61. The van der Waals surface area contributed by atoms with Crippen LogP contribution in [0.4, 0.5) is 0 Å². The van der Waals surface area contributed by atoms with Gasteiger partial charge in [-0.15, -0.1) is 0 Å². The predicted octanol–water partition coefficient (Wildman–Crippen LogP) is 14.0. The maximum absolute atomic E-state index is 12.6. The van der Waals surface area contributed by atoms with Gasteiger partial charge in [-0.2, -0.15) is 0 Å². The van der Waals surface area contributed by atoms with Gasteiger partial charge in [-0.05, 0) is 123 Å². The molecule has 0 spiro atoms. The number of esters is 1. The van der Waals surface area contributed by atoms with E-state index in [0.717, 1.165) is 51.5 Å². The molecular formula is C44H81NO2. The Bertz CT molecular complexity index is 750. The van der Waals surface area contributed by atoms with Crippen molar-refractivity contribution < 1.29 is 9.53 Å². The molecule has 0 aromatic heterocycles. The Labute approximate surface area is 295 Å². The average molecular weight is 656 g/mol. The summed E-state index contributed by atoms with van der Waals surface area (Å²) in [5, 5.41) is 0. The number of hydrogen-bond acceptors (Lipinski definition) is 3. The Morgan fingerprint density at radius 1 is 0.489 bits per heavy atom. The zero-order valence-electron chi connectivity index (χ0n) is 32.2. The van der Waals surface area contributed by atoms with Crippen molar-refractivity contribution >= 4 is 5.97 Å².